The van der Waals surface area contributed by atoms with Crippen molar-refractivity contribution >= 4 is 22.8 Å². The van der Waals surface area contributed by atoms with Crippen molar-refractivity contribution in [2.45, 2.75) is 53.1 Å². The Hall–Kier alpha value is -2.71. The van der Waals surface area contributed by atoms with Gasteiger partial charge in [-0.3, -0.25) is 19.0 Å². The van der Waals surface area contributed by atoms with Gasteiger partial charge in [0.25, 0.3) is 5.56 Å². The van der Waals surface area contributed by atoms with Crippen LogP contribution in [0, 0.1) is 6.92 Å². The predicted octanol–water partition coefficient (Wildman–Crippen LogP) is 0.737. The highest BCUT2D eigenvalue weighted by Crippen LogP contribution is 2.18. The molecule has 1 aliphatic rings. The van der Waals surface area contributed by atoms with Gasteiger partial charge in [-0.1, -0.05) is 0 Å². The molecule has 0 aliphatic carbocycles. The normalized spacial score (nSPS) is 15.3. The Morgan fingerprint density at radius 3 is 2.29 bits per heavy atom. The molecule has 1 fully saturated rings. The number of carbonyl (C=O) groups is 2. The quantitative estimate of drug-likeness (QED) is 0.773. The van der Waals surface area contributed by atoms with Gasteiger partial charge in [-0.05, 0) is 27.7 Å². The number of carbonyl (C=O) groups excluding carboxylic acids is 2. The Morgan fingerprint density at radius 2 is 1.71 bits per heavy atom. The summed E-state index contributed by atoms with van der Waals surface area (Å²) in [4.78, 5) is 44.9. The molecule has 1 aliphatic heterocycles. The number of rotatable bonds is 3. The van der Waals surface area contributed by atoms with Crippen LogP contribution >= 0.6 is 0 Å². The molecule has 2 aromatic heterocycles. The minimum Gasteiger partial charge on any atom is -0.339 e. The lowest BCUT2D eigenvalue weighted by Crippen LogP contribution is -2.50. The molecule has 152 valence electrons. The fraction of sp³-hybridized carbons (Fsp3) is 0.632. The lowest BCUT2D eigenvalue weighted by molar-refractivity contribution is -0.138. The van der Waals surface area contributed by atoms with Crippen LogP contribution in [0.25, 0.3) is 11.0 Å². The van der Waals surface area contributed by atoms with Gasteiger partial charge < -0.3 is 9.80 Å². The third-order valence-corrected chi connectivity index (χ3v) is 5.14. The van der Waals surface area contributed by atoms with E-state index in [0.29, 0.717) is 43.0 Å². The van der Waals surface area contributed by atoms with Gasteiger partial charge in [-0.2, -0.15) is 5.10 Å². The molecule has 2 aromatic rings. The molecule has 0 spiro atoms. The van der Waals surface area contributed by atoms with E-state index in [1.165, 1.54) is 6.92 Å². The molecule has 1 saturated heterocycles. The third-order valence-electron chi connectivity index (χ3n) is 5.14. The van der Waals surface area contributed by atoms with E-state index in [1.54, 1.807) is 32.2 Å². The Labute approximate surface area is 163 Å². The average Bonchev–Trinajstić information content (AvgIpc) is 3.05. The van der Waals surface area contributed by atoms with E-state index in [0.717, 1.165) is 0 Å². The molecule has 0 unspecified atom stereocenters. The molecule has 0 atom stereocenters. The first-order valence-corrected chi connectivity index (χ1v) is 9.58. The van der Waals surface area contributed by atoms with Crippen LogP contribution in [0.15, 0.2) is 11.0 Å². The van der Waals surface area contributed by atoms with Crippen molar-refractivity contribution in [1.82, 2.24) is 29.1 Å². The maximum absolute atomic E-state index is 12.9. The number of nitrogens with zero attached hydrogens (tertiary/aromatic N) is 6. The van der Waals surface area contributed by atoms with Crippen molar-refractivity contribution in [3.63, 3.8) is 0 Å². The second kappa shape index (κ2) is 7.37. The number of piperazine rings is 1. The first kappa shape index (κ1) is 20.0. The summed E-state index contributed by atoms with van der Waals surface area (Å²) in [5.74, 6) is 0.585. The van der Waals surface area contributed by atoms with E-state index in [4.69, 9.17) is 0 Å². The van der Waals surface area contributed by atoms with Crippen LogP contribution in [-0.4, -0.2) is 67.1 Å². The van der Waals surface area contributed by atoms with Crippen molar-refractivity contribution in [1.29, 1.82) is 0 Å². The summed E-state index contributed by atoms with van der Waals surface area (Å²) in [6.45, 7) is 11.8. The third kappa shape index (κ3) is 3.79. The smallest absolute Gasteiger partial charge is 0.264 e. The van der Waals surface area contributed by atoms with Gasteiger partial charge in [-0.15, -0.1) is 0 Å². The monoisotopic (exact) mass is 388 g/mol. The van der Waals surface area contributed by atoms with Crippen molar-refractivity contribution in [3.05, 3.63) is 22.4 Å². The van der Waals surface area contributed by atoms with Crippen LogP contribution < -0.4 is 5.56 Å². The van der Waals surface area contributed by atoms with Crippen LogP contribution in [0.4, 0.5) is 0 Å². The zero-order valence-electron chi connectivity index (χ0n) is 17.2. The first-order chi connectivity index (χ1) is 13.1. The van der Waals surface area contributed by atoms with E-state index < -0.39 is 0 Å². The second-order valence-corrected chi connectivity index (χ2v) is 8.22. The summed E-state index contributed by atoms with van der Waals surface area (Å²) < 4.78 is 3.29. The summed E-state index contributed by atoms with van der Waals surface area (Å²) in [7, 11) is 0. The highest BCUT2D eigenvalue weighted by atomic mass is 16.2. The van der Waals surface area contributed by atoms with Crippen LogP contribution in [0.3, 0.4) is 0 Å². The highest BCUT2D eigenvalue weighted by molar-refractivity contribution is 5.77. The lowest BCUT2D eigenvalue weighted by Gasteiger charge is -2.34. The number of fused-ring (bicyclic) bond motifs is 1. The Bertz CT molecular complexity index is 960. The summed E-state index contributed by atoms with van der Waals surface area (Å²) >= 11 is 0. The molecule has 9 heteroatoms. The van der Waals surface area contributed by atoms with Gasteiger partial charge in [0.2, 0.25) is 11.8 Å². The number of aryl methyl sites for hydroxylation is 1. The Morgan fingerprint density at radius 1 is 1.11 bits per heavy atom. The molecule has 3 heterocycles. The minimum atomic E-state index is -0.280. The summed E-state index contributed by atoms with van der Waals surface area (Å²) in [5.41, 5.74) is 0.114. The molecule has 3 rings (SSSR count). The standard InChI is InChI=1S/C19H28N6O3/c1-13-21-17-15(12-20-25(17)19(3,4)5)18(28)24(13)7-6-16(27)23-10-8-22(9-11-23)14(2)26/h12H,6-11H2,1-5H3. The largest absolute Gasteiger partial charge is 0.339 e. The number of hydrogen-bond acceptors (Lipinski definition) is 5. The van der Waals surface area contributed by atoms with E-state index >= 15 is 0 Å². The molecule has 0 bridgehead atoms. The van der Waals surface area contributed by atoms with Crippen LogP contribution in [-0.2, 0) is 21.7 Å². The van der Waals surface area contributed by atoms with Crippen molar-refractivity contribution in [2.24, 2.45) is 0 Å². The van der Waals surface area contributed by atoms with E-state index in [-0.39, 0.29) is 35.9 Å². The van der Waals surface area contributed by atoms with Crippen LogP contribution in [0.1, 0.15) is 39.9 Å². The summed E-state index contributed by atoms with van der Waals surface area (Å²) in [5, 5.41) is 4.79. The summed E-state index contributed by atoms with van der Waals surface area (Å²) in [6.07, 6.45) is 1.77. The molecule has 0 saturated carbocycles. The van der Waals surface area contributed by atoms with Gasteiger partial charge in [-0.25, -0.2) is 9.67 Å². The number of amides is 2. The van der Waals surface area contributed by atoms with Gasteiger partial charge >= 0.3 is 0 Å². The van der Waals surface area contributed by atoms with Gasteiger partial charge in [0.15, 0.2) is 5.65 Å². The van der Waals surface area contributed by atoms with Crippen LogP contribution in [0.2, 0.25) is 0 Å². The van der Waals surface area contributed by atoms with Gasteiger partial charge in [0.05, 0.1) is 11.7 Å². The molecule has 9 nitrogen and oxygen atoms in total. The van der Waals surface area contributed by atoms with Crippen LogP contribution in [0.5, 0.6) is 0 Å². The molecule has 0 aromatic carbocycles. The van der Waals surface area contributed by atoms with Gasteiger partial charge in [0.1, 0.15) is 11.2 Å². The fourth-order valence-corrected chi connectivity index (χ4v) is 3.50. The maximum Gasteiger partial charge on any atom is 0.264 e. The predicted molar refractivity (Wildman–Crippen MR) is 105 cm³/mol. The SMILES string of the molecule is CC(=O)N1CCN(C(=O)CCn2c(C)nc3c(cnn3C(C)(C)C)c2=O)CC1. The lowest BCUT2D eigenvalue weighted by atomic mass is 10.1. The van der Waals surface area contributed by atoms with Crippen molar-refractivity contribution in [2.75, 3.05) is 26.2 Å². The molecular formula is C19H28N6O3. The second-order valence-electron chi connectivity index (χ2n) is 8.22. The Balaban J connectivity index is 1.74. The van der Waals surface area contributed by atoms with E-state index in [2.05, 4.69) is 10.1 Å². The zero-order valence-corrected chi connectivity index (χ0v) is 17.2. The van der Waals surface area contributed by atoms with Gasteiger partial charge in [0, 0.05) is 46.1 Å². The zero-order chi connectivity index (χ0) is 20.6. The molecule has 0 N–H and O–H groups in total. The Kier molecular flexibility index (Phi) is 5.27. The van der Waals surface area contributed by atoms with E-state index in [1.807, 2.05) is 20.8 Å². The van der Waals surface area contributed by atoms with Crippen molar-refractivity contribution in [3.8, 4) is 0 Å². The van der Waals surface area contributed by atoms with E-state index in [9.17, 15) is 14.4 Å². The van der Waals surface area contributed by atoms with Crippen molar-refractivity contribution < 1.29 is 9.59 Å². The minimum absolute atomic E-state index is 0.0139. The topological polar surface area (TPSA) is 93.3 Å². The first-order valence-electron chi connectivity index (χ1n) is 9.58. The number of aromatic nitrogens is 4. The molecular weight excluding hydrogens is 360 g/mol. The fourth-order valence-electron chi connectivity index (χ4n) is 3.50. The number of hydrogen-bond donors (Lipinski definition) is 0. The average molecular weight is 388 g/mol. The summed E-state index contributed by atoms with van der Waals surface area (Å²) in [6, 6.07) is 0. The molecule has 2 amide bonds. The maximum atomic E-state index is 12.9. The highest BCUT2D eigenvalue weighted by Gasteiger charge is 2.24. The molecule has 28 heavy (non-hydrogen) atoms. The molecule has 0 radical (unpaired) electrons.